The van der Waals surface area contributed by atoms with Gasteiger partial charge in [-0.2, -0.15) is 0 Å². The average Bonchev–Trinajstić information content (AvgIpc) is 3.06. The van der Waals surface area contributed by atoms with Crippen LogP contribution in [0.2, 0.25) is 0 Å². The third-order valence-corrected chi connectivity index (χ3v) is 4.64. The highest BCUT2D eigenvalue weighted by molar-refractivity contribution is 5.89. The van der Waals surface area contributed by atoms with Crippen LogP contribution in [0.15, 0.2) is 28.8 Å². The van der Waals surface area contributed by atoms with Gasteiger partial charge in [-0.25, -0.2) is 4.39 Å². The largest absolute Gasteiger partial charge is 0.494 e. The molecule has 2 heterocycles. The molecule has 1 aromatic carbocycles. The van der Waals surface area contributed by atoms with Crippen LogP contribution >= 0.6 is 0 Å². The summed E-state index contributed by atoms with van der Waals surface area (Å²) in [5.41, 5.74) is 0.934. The standard InChI is InChI=1S/C19H25FN4O3/c1-14-11-18(22-27-14)21-19(25)5-6-23-7-9-24(10-8-23)13-15-3-4-17(26-2)16(20)12-15/h3-4,11-12H,5-10,13H2,1-2H3,(H,21,22,25). The number of benzene rings is 1. The number of anilines is 1. The number of carbonyl (C=O) groups excluding carboxylic acids is 1. The van der Waals surface area contributed by atoms with Gasteiger partial charge in [0.1, 0.15) is 5.76 Å². The Balaban J connectivity index is 1.38. The zero-order valence-electron chi connectivity index (χ0n) is 15.7. The highest BCUT2D eigenvalue weighted by atomic mass is 19.1. The van der Waals surface area contributed by atoms with E-state index in [1.807, 2.05) is 6.07 Å². The molecule has 8 heteroatoms. The summed E-state index contributed by atoms with van der Waals surface area (Å²) in [6, 6.07) is 6.78. The Morgan fingerprint density at radius 3 is 2.63 bits per heavy atom. The van der Waals surface area contributed by atoms with Crippen molar-refractivity contribution in [2.75, 3.05) is 45.2 Å². The Kier molecular flexibility index (Phi) is 6.41. The van der Waals surface area contributed by atoms with Crippen molar-refractivity contribution in [3.8, 4) is 5.75 Å². The van der Waals surface area contributed by atoms with Gasteiger partial charge >= 0.3 is 0 Å². The monoisotopic (exact) mass is 376 g/mol. The Hall–Kier alpha value is -2.45. The molecular weight excluding hydrogens is 351 g/mol. The number of ether oxygens (including phenoxy) is 1. The first-order valence-corrected chi connectivity index (χ1v) is 9.04. The maximum atomic E-state index is 13.8. The van der Waals surface area contributed by atoms with Crippen molar-refractivity contribution in [1.82, 2.24) is 15.0 Å². The Bertz CT molecular complexity index is 772. The lowest BCUT2D eigenvalue weighted by Gasteiger charge is -2.34. The Morgan fingerprint density at radius 1 is 1.26 bits per heavy atom. The number of aryl methyl sites for hydroxylation is 1. The van der Waals surface area contributed by atoms with Crippen LogP contribution in [0.4, 0.5) is 10.2 Å². The molecule has 1 aromatic heterocycles. The second-order valence-corrected chi connectivity index (χ2v) is 6.71. The van der Waals surface area contributed by atoms with Crippen LogP contribution in [0.25, 0.3) is 0 Å². The number of aromatic nitrogens is 1. The SMILES string of the molecule is COc1ccc(CN2CCN(CCC(=O)Nc3cc(C)on3)CC2)cc1F. The Morgan fingerprint density at radius 2 is 2.00 bits per heavy atom. The molecule has 0 unspecified atom stereocenters. The number of nitrogens with one attached hydrogen (secondary N) is 1. The van der Waals surface area contributed by atoms with E-state index in [4.69, 9.17) is 9.26 Å². The molecule has 1 fully saturated rings. The molecule has 3 rings (SSSR count). The molecule has 0 bridgehead atoms. The zero-order chi connectivity index (χ0) is 19.2. The second kappa shape index (κ2) is 8.96. The van der Waals surface area contributed by atoms with Crippen molar-refractivity contribution in [3.05, 3.63) is 41.4 Å². The topological polar surface area (TPSA) is 70.8 Å². The van der Waals surface area contributed by atoms with Gasteiger partial charge in [0.15, 0.2) is 17.4 Å². The summed E-state index contributed by atoms with van der Waals surface area (Å²) in [4.78, 5) is 16.5. The number of hydrogen-bond donors (Lipinski definition) is 1. The summed E-state index contributed by atoms with van der Waals surface area (Å²) >= 11 is 0. The molecule has 0 spiro atoms. The number of carbonyl (C=O) groups is 1. The van der Waals surface area contributed by atoms with Crippen LogP contribution in [-0.4, -0.2) is 60.7 Å². The van der Waals surface area contributed by atoms with E-state index in [0.717, 1.165) is 31.7 Å². The van der Waals surface area contributed by atoms with E-state index in [9.17, 15) is 9.18 Å². The molecule has 146 valence electrons. The highest BCUT2D eigenvalue weighted by Gasteiger charge is 2.18. The number of halogens is 1. The number of hydrogen-bond acceptors (Lipinski definition) is 6. The average molecular weight is 376 g/mol. The minimum atomic E-state index is -0.332. The van der Waals surface area contributed by atoms with Gasteiger partial charge in [-0.15, -0.1) is 0 Å². The van der Waals surface area contributed by atoms with E-state index in [-0.39, 0.29) is 17.5 Å². The third kappa shape index (κ3) is 5.51. The fourth-order valence-corrected chi connectivity index (χ4v) is 3.13. The van der Waals surface area contributed by atoms with Gasteiger partial charge in [0.05, 0.1) is 7.11 Å². The molecule has 1 aliphatic heterocycles. The van der Waals surface area contributed by atoms with E-state index in [0.29, 0.717) is 31.1 Å². The van der Waals surface area contributed by atoms with Crippen LogP contribution in [-0.2, 0) is 11.3 Å². The van der Waals surface area contributed by atoms with E-state index < -0.39 is 0 Å². The van der Waals surface area contributed by atoms with Crippen molar-refractivity contribution >= 4 is 11.7 Å². The van der Waals surface area contributed by atoms with Crippen molar-refractivity contribution in [1.29, 1.82) is 0 Å². The van der Waals surface area contributed by atoms with Gasteiger partial charge in [0.25, 0.3) is 0 Å². The molecule has 0 saturated carbocycles. The first kappa shape index (κ1) is 19.3. The summed E-state index contributed by atoms with van der Waals surface area (Å²) in [5.74, 6) is 0.983. The number of nitrogens with zero attached hydrogens (tertiary/aromatic N) is 3. The van der Waals surface area contributed by atoms with Gasteiger partial charge < -0.3 is 19.5 Å². The van der Waals surface area contributed by atoms with Crippen LogP contribution in [0, 0.1) is 12.7 Å². The molecule has 0 atom stereocenters. The van der Waals surface area contributed by atoms with Crippen LogP contribution < -0.4 is 10.1 Å². The van der Waals surface area contributed by atoms with E-state index in [1.54, 1.807) is 19.1 Å². The first-order chi connectivity index (χ1) is 13.0. The molecule has 1 aliphatic rings. The molecule has 1 amide bonds. The van der Waals surface area contributed by atoms with Crippen molar-refractivity contribution < 1.29 is 18.4 Å². The fraction of sp³-hybridized carbons (Fsp3) is 0.474. The van der Waals surface area contributed by atoms with Gasteiger partial charge in [-0.05, 0) is 24.6 Å². The van der Waals surface area contributed by atoms with E-state index >= 15 is 0 Å². The maximum absolute atomic E-state index is 13.8. The molecular formula is C19H25FN4O3. The van der Waals surface area contributed by atoms with Crippen LogP contribution in [0.3, 0.4) is 0 Å². The summed E-state index contributed by atoms with van der Waals surface area (Å²) in [5, 5.41) is 6.49. The lowest BCUT2D eigenvalue weighted by molar-refractivity contribution is -0.116. The highest BCUT2D eigenvalue weighted by Crippen LogP contribution is 2.19. The summed E-state index contributed by atoms with van der Waals surface area (Å²) in [6.07, 6.45) is 0.412. The number of amides is 1. The molecule has 27 heavy (non-hydrogen) atoms. The van der Waals surface area contributed by atoms with Crippen molar-refractivity contribution in [3.63, 3.8) is 0 Å². The quantitative estimate of drug-likeness (QED) is 0.799. The number of methoxy groups -OCH3 is 1. The number of piperazine rings is 1. The van der Waals surface area contributed by atoms with Crippen LogP contribution in [0.5, 0.6) is 5.75 Å². The smallest absolute Gasteiger partial charge is 0.226 e. The van der Waals surface area contributed by atoms with Gasteiger partial charge in [-0.3, -0.25) is 9.69 Å². The maximum Gasteiger partial charge on any atom is 0.226 e. The van der Waals surface area contributed by atoms with Crippen molar-refractivity contribution in [2.24, 2.45) is 0 Å². The lowest BCUT2D eigenvalue weighted by atomic mass is 10.1. The molecule has 1 N–H and O–H groups in total. The molecule has 0 aliphatic carbocycles. The molecule has 2 aromatic rings. The van der Waals surface area contributed by atoms with E-state index in [1.165, 1.54) is 13.2 Å². The zero-order valence-corrected chi connectivity index (χ0v) is 15.7. The molecule has 1 saturated heterocycles. The minimum absolute atomic E-state index is 0.0700. The van der Waals surface area contributed by atoms with Gasteiger partial charge in [0.2, 0.25) is 5.91 Å². The first-order valence-electron chi connectivity index (χ1n) is 9.04. The number of rotatable bonds is 7. The predicted octanol–water partition coefficient (Wildman–Crippen LogP) is 2.28. The molecule has 0 radical (unpaired) electrons. The van der Waals surface area contributed by atoms with Gasteiger partial charge in [0, 0.05) is 51.8 Å². The van der Waals surface area contributed by atoms with Crippen LogP contribution in [0.1, 0.15) is 17.7 Å². The normalized spacial score (nSPS) is 15.7. The van der Waals surface area contributed by atoms with E-state index in [2.05, 4.69) is 20.3 Å². The van der Waals surface area contributed by atoms with Crippen molar-refractivity contribution in [2.45, 2.75) is 19.9 Å². The Labute approximate surface area is 158 Å². The summed E-state index contributed by atoms with van der Waals surface area (Å²) in [7, 11) is 1.46. The summed E-state index contributed by atoms with van der Waals surface area (Å²) < 4.78 is 23.7. The summed E-state index contributed by atoms with van der Waals surface area (Å²) in [6.45, 7) is 6.73. The predicted molar refractivity (Wildman–Crippen MR) is 99.2 cm³/mol. The fourth-order valence-electron chi connectivity index (χ4n) is 3.13. The third-order valence-electron chi connectivity index (χ3n) is 4.64. The molecule has 7 nitrogen and oxygen atoms in total. The second-order valence-electron chi connectivity index (χ2n) is 6.71. The van der Waals surface area contributed by atoms with Gasteiger partial charge in [-0.1, -0.05) is 11.2 Å². The lowest BCUT2D eigenvalue weighted by Crippen LogP contribution is -2.46. The minimum Gasteiger partial charge on any atom is -0.494 e.